The lowest BCUT2D eigenvalue weighted by atomic mass is 10.2. The lowest BCUT2D eigenvalue weighted by Crippen LogP contribution is -2.49. The molecule has 0 aromatic carbocycles. The Hall–Kier alpha value is -2.46. The predicted octanol–water partition coefficient (Wildman–Crippen LogP) is 0.547. The van der Waals surface area contributed by atoms with Gasteiger partial charge in [-0.3, -0.25) is 4.68 Å². The first-order valence-electron chi connectivity index (χ1n) is 6.92. The van der Waals surface area contributed by atoms with E-state index in [0.29, 0.717) is 17.4 Å². The Morgan fingerprint density at radius 2 is 2.29 bits per heavy atom. The SMILES string of the molecule is C[C@H]1CN(c2cnc(C#N)c(-c3cnn(C)c3)n2)CCN1. The van der Waals surface area contributed by atoms with Gasteiger partial charge in [-0.25, -0.2) is 9.97 Å². The number of nitriles is 1. The van der Waals surface area contributed by atoms with Crippen LogP contribution in [-0.4, -0.2) is 45.4 Å². The first-order chi connectivity index (χ1) is 10.2. The summed E-state index contributed by atoms with van der Waals surface area (Å²) in [6.07, 6.45) is 5.22. The second-order valence-electron chi connectivity index (χ2n) is 5.24. The Bertz CT molecular complexity index is 685. The molecule has 0 bridgehead atoms. The highest BCUT2D eigenvalue weighted by molar-refractivity contribution is 5.65. The first kappa shape index (κ1) is 13.5. The Morgan fingerprint density at radius 3 is 2.95 bits per heavy atom. The molecule has 108 valence electrons. The number of aromatic nitrogens is 4. The van der Waals surface area contributed by atoms with Crippen LogP contribution in [-0.2, 0) is 7.05 Å². The van der Waals surface area contributed by atoms with Crippen molar-refractivity contribution in [3.8, 4) is 17.3 Å². The zero-order valence-corrected chi connectivity index (χ0v) is 12.1. The van der Waals surface area contributed by atoms with Crippen LogP contribution >= 0.6 is 0 Å². The number of hydrogen-bond acceptors (Lipinski definition) is 6. The van der Waals surface area contributed by atoms with Crippen LogP contribution < -0.4 is 10.2 Å². The molecule has 2 aromatic rings. The zero-order valence-electron chi connectivity index (χ0n) is 12.1. The van der Waals surface area contributed by atoms with Gasteiger partial charge < -0.3 is 10.2 Å². The summed E-state index contributed by atoms with van der Waals surface area (Å²) < 4.78 is 1.69. The van der Waals surface area contributed by atoms with Gasteiger partial charge in [0.15, 0.2) is 5.69 Å². The molecule has 0 spiro atoms. The van der Waals surface area contributed by atoms with Gasteiger partial charge in [-0.2, -0.15) is 10.4 Å². The number of hydrogen-bond donors (Lipinski definition) is 1. The Labute approximate surface area is 123 Å². The van der Waals surface area contributed by atoms with E-state index in [4.69, 9.17) is 0 Å². The third-order valence-corrected chi connectivity index (χ3v) is 3.54. The maximum atomic E-state index is 9.23. The van der Waals surface area contributed by atoms with Crippen molar-refractivity contribution in [2.45, 2.75) is 13.0 Å². The van der Waals surface area contributed by atoms with Gasteiger partial charge in [0.25, 0.3) is 0 Å². The average Bonchev–Trinajstić information content (AvgIpc) is 2.93. The van der Waals surface area contributed by atoms with Crippen LogP contribution in [0.1, 0.15) is 12.6 Å². The molecule has 0 saturated carbocycles. The zero-order chi connectivity index (χ0) is 14.8. The molecule has 3 rings (SSSR count). The Morgan fingerprint density at radius 1 is 1.43 bits per heavy atom. The maximum absolute atomic E-state index is 9.23. The molecule has 0 aliphatic carbocycles. The predicted molar refractivity (Wildman–Crippen MR) is 78.6 cm³/mol. The number of anilines is 1. The maximum Gasteiger partial charge on any atom is 0.167 e. The van der Waals surface area contributed by atoms with E-state index in [-0.39, 0.29) is 0 Å². The van der Waals surface area contributed by atoms with Crippen molar-refractivity contribution in [1.29, 1.82) is 5.26 Å². The molecule has 0 unspecified atom stereocenters. The quantitative estimate of drug-likeness (QED) is 0.866. The van der Waals surface area contributed by atoms with Gasteiger partial charge in [0.2, 0.25) is 0 Å². The normalized spacial score (nSPS) is 18.5. The summed E-state index contributed by atoms with van der Waals surface area (Å²) >= 11 is 0. The highest BCUT2D eigenvalue weighted by Gasteiger charge is 2.19. The van der Waals surface area contributed by atoms with E-state index in [1.54, 1.807) is 17.1 Å². The molecule has 1 atom stereocenters. The van der Waals surface area contributed by atoms with E-state index < -0.39 is 0 Å². The monoisotopic (exact) mass is 283 g/mol. The van der Waals surface area contributed by atoms with Crippen molar-refractivity contribution in [1.82, 2.24) is 25.1 Å². The van der Waals surface area contributed by atoms with Gasteiger partial charge in [0.1, 0.15) is 17.6 Å². The van der Waals surface area contributed by atoms with Gasteiger partial charge >= 0.3 is 0 Å². The molecule has 1 N–H and O–H groups in total. The number of nitrogens with zero attached hydrogens (tertiary/aromatic N) is 6. The fourth-order valence-corrected chi connectivity index (χ4v) is 2.50. The molecule has 1 aliphatic rings. The summed E-state index contributed by atoms with van der Waals surface area (Å²) in [6.45, 7) is 4.83. The molecule has 1 saturated heterocycles. The van der Waals surface area contributed by atoms with Gasteiger partial charge in [0, 0.05) is 44.5 Å². The van der Waals surface area contributed by atoms with Gasteiger partial charge in [-0.05, 0) is 6.92 Å². The third kappa shape index (κ3) is 2.71. The fourth-order valence-electron chi connectivity index (χ4n) is 2.50. The first-order valence-corrected chi connectivity index (χ1v) is 6.92. The lowest BCUT2D eigenvalue weighted by Gasteiger charge is -2.32. The molecule has 3 heterocycles. The second-order valence-corrected chi connectivity index (χ2v) is 5.24. The summed E-state index contributed by atoms with van der Waals surface area (Å²) in [5.41, 5.74) is 1.73. The van der Waals surface area contributed by atoms with Crippen molar-refractivity contribution >= 4 is 5.82 Å². The van der Waals surface area contributed by atoms with Gasteiger partial charge in [-0.1, -0.05) is 0 Å². The average molecular weight is 283 g/mol. The fraction of sp³-hybridized carbons (Fsp3) is 0.429. The molecule has 2 aromatic heterocycles. The third-order valence-electron chi connectivity index (χ3n) is 3.54. The molecule has 0 amide bonds. The van der Waals surface area contributed by atoms with E-state index in [1.807, 2.05) is 13.2 Å². The molecule has 21 heavy (non-hydrogen) atoms. The molecule has 1 fully saturated rings. The summed E-state index contributed by atoms with van der Waals surface area (Å²) in [5.74, 6) is 0.807. The second kappa shape index (κ2) is 5.50. The minimum atomic E-state index is 0.329. The van der Waals surface area contributed by atoms with Crippen LogP contribution in [0.15, 0.2) is 18.6 Å². The Kier molecular flexibility index (Phi) is 3.54. The van der Waals surface area contributed by atoms with Crippen molar-refractivity contribution in [3.63, 3.8) is 0 Å². The number of piperazine rings is 1. The topological polar surface area (TPSA) is 82.7 Å². The number of aryl methyl sites for hydroxylation is 1. The summed E-state index contributed by atoms with van der Waals surface area (Å²) in [7, 11) is 1.84. The summed E-state index contributed by atoms with van der Waals surface area (Å²) in [5, 5.41) is 16.8. The van der Waals surface area contributed by atoms with E-state index in [2.05, 4.69) is 38.3 Å². The van der Waals surface area contributed by atoms with Crippen LogP contribution in [0, 0.1) is 11.3 Å². The van der Waals surface area contributed by atoms with Crippen LogP contribution in [0.4, 0.5) is 5.82 Å². The van der Waals surface area contributed by atoms with E-state index in [0.717, 1.165) is 31.0 Å². The van der Waals surface area contributed by atoms with Crippen LogP contribution in [0.25, 0.3) is 11.3 Å². The minimum Gasteiger partial charge on any atom is -0.352 e. The van der Waals surface area contributed by atoms with Crippen molar-refractivity contribution in [2.75, 3.05) is 24.5 Å². The van der Waals surface area contributed by atoms with Crippen molar-refractivity contribution < 1.29 is 0 Å². The molecule has 7 nitrogen and oxygen atoms in total. The van der Waals surface area contributed by atoms with Crippen LogP contribution in [0.2, 0.25) is 0 Å². The molecular weight excluding hydrogens is 266 g/mol. The van der Waals surface area contributed by atoms with E-state index in [1.165, 1.54) is 0 Å². The lowest BCUT2D eigenvalue weighted by molar-refractivity contribution is 0.482. The van der Waals surface area contributed by atoms with Gasteiger partial charge in [0.05, 0.1) is 12.4 Å². The number of rotatable bonds is 2. The highest BCUT2D eigenvalue weighted by Crippen LogP contribution is 2.22. The van der Waals surface area contributed by atoms with E-state index in [9.17, 15) is 5.26 Å². The standard InChI is InChI=1S/C14H17N7/c1-10-8-21(4-3-16-10)13-7-17-12(5-15)14(19-13)11-6-18-20(2)9-11/h6-7,9-10,16H,3-4,8H2,1-2H3/t10-/m0/s1. The highest BCUT2D eigenvalue weighted by atomic mass is 15.3. The van der Waals surface area contributed by atoms with E-state index >= 15 is 0 Å². The van der Waals surface area contributed by atoms with Crippen molar-refractivity contribution in [2.24, 2.45) is 7.05 Å². The van der Waals surface area contributed by atoms with Gasteiger partial charge in [-0.15, -0.1) is 0 Å². The van der Waals surface area contributed by atoms with Crippen molar-refractivity contribution in [3.05, 3.63) is 24.3 Å². The minimum absolute atomic E-state index is 0.329. The molecular formula is C14H17N7. The molecule has 1 aliphatic heterocycles. The summed E-state index contributed by atoms with van der Waals surface area (Å²) in [4.78, 5) is 11.1. The largest absolute Gasteiger partial charge is 0.352 e. The molecule has 7 heteroatoms. The molecule has 0 radical (unpaired) electrons. The smallest absolute Gasteiger partial charge is 0.167 e. The Balaban J connectivity index is 1.99. The summed E-state index contributed by atoms with van der Waals surface area (Å²) in [6, 6.07) is 2.52. The van der Waals surface area contributed by atoms with Crippen LogP contribution in [0.3, 0.4) is 0 Å². The van der Waals surface area contributed by atoms with Crippen LogP contribution in [0.5, 0.6) is 0 Å². The number of nitrogens with one attached hydrogen (secondary N) is 1.